The summed E-state index contributed by atoms with van der Waals surface area (Å²) < 4.78 is 84.1. The number of allylic oxidation sites excluding steroid dienone is 1. The fourth-order valence-corrected chi connectivity index (χ4v) is 3.89. The lowest BCUT2D eigenvalue weighted by Gasteiger charge is -2.40. The number of furan rings is 1. The maximum atomic E-state index is 13.4. The van der Waals surface area contributed by atoms with Gasteiger partial charge in [0.25, 0.3) is 5.91 Å². The summed E-state index contributed by atoms with van der Waals surface area (Å²) in [6, 6.07) is -0.124. The van der Waals surface area contributed by atoms with E-state index < -0.39 is 48.2 Å². The fraction of sp³-hybridized carbons (Fsp3) is 0.381. The van der Waals surface area contributed by atoms with Crippen LogP contribution in [-0.2, 0) is 6.18 Å². The molecule has 0 bridgehead atoms. The molecule has 0 radical (unpaired) electrons. The number of nitrogens with one attached hydrogen (secondary N) is 1. The molecule has 1 aliphatic rings. The van der Waals surface area contributed by atoms with Gasteiger partial charge in [0.05, 0.1) is 29.1 Å². The number of hydrogen-bond acceptors (Lipinski definition) is 7. The normalized spacial score (nSPS) is 20.3. The molecular formula is C21H22F6N6O2. The number of nitrogens with two attached hydrogens (primary N) is 2. The van der Waals surface area contributed by atoms with Crippen LogP contribution in [0, 0.1) is 5.92 Å². The van der Waals surface area contributed by atoms with E-state index in [1.54, 1.807) is 6.92 Å². The van der Waals surface area contributed by atoms with E-state index in [1.807, 2.05) is 0 Å². The number of rotatable bonds is 5. The number of alkyl halides is 6. The summed E-state index contributed by atoms with van der Waals surface area (Å²) in [6.45, 7) is 4.53. The molecule has 1 fully saturated rings. The molecule has 3 rings (SSSR count). The smallest absolute Gasteiger partial charge is 0.418 e. The van der Waals surface area contributed by atoms with Gasteiger partial charge in [0, 0.05) is 25.3 Å². The molecule has 2 atom stereocenters. The Morgan fingerprint density at radius 3 is 2.57 bits per heavy atom. The molecular weight excluding hydrogens is 482 g/mol. The third-order valence-corrected chi connectivity index (χ3v) is 5.41. The maximum absolute atomic E-state index is 13.4. The van der Waals surface area contributed by atoms with Crippen molar-refractivity contribution in [2.75, 3.05) is 18.8 Å². The Morgan fingerprint density at radius 1 is 1.31 bits per heavy atom. The molecule has 8 nitrogen and oxygen atoms in total. The number of hydrogen-bond donors (Lipinski definition) is 3. The average Bonchev–Trinajstić information content (AvgIpc) is 3.07. The highest BCUT2D eigenvalue weighted by molar-refractivity contribution is 6.09. The van der Waals surface area contributed by atoms with E-state index in [0.29, 0.717) is 12.3 Å². The van der Waals surface area contributed by atoms with Crippen LogP contribution in [0.25, 0.3) is 11.1 Å². The highest BCUT2D eigenvalue weighted by Crippen LogP contribution is 2.36. The number of nitrogen functional groups attached to an aromatic ring is 1. The van der Waals surface area contributed by atoms with Gasteiger partial charge in [0.2, 0.25) is 5.88 Å². The van der Waals surface area contributed by atoms with E-state index >= 15 is 0 Å². The highest BCUT2D eigenvalue weighted by Gasteiger charge is 2.44. The van der Waals surface area contributed by atoms with Gasteiger partial charge in [-0.15, -0.1) is 0 Å². The van der Waals surface area contributed by atoms with Crippen molar-refractivity contribution in [3.05, 3.63) is 47.1 Å². The van der Waals surface area contributed by atoms with E-state index in [0.717, 1.165) is 6.20 Å². The summed E-state index contributed by atoms with van der Waals surface area (Å²) >= 11 is 0. The highest BCUT2D eigenvalue weighted by atomic mass is 19.4. The minimum absolute atomic E-state index is 0.0248. The largest absolute Gasteiger partial charge is 0.438 e. The van der Waals surface area contributed by atoms with Crippen LogP contribution in [0.4, 0.5) is 32.2 Å². The molecule has 1 aliphatic heterocycles. The third kappa shape index (κ3) is 5.58. The Kier molecular flexibility index (Phi) is 7.15. The van der Waals surface area contributed by atoms with Gasteiger partial charge in [0.15, 0.2) is 5.58 Å². The molecule has 2 aromatic rings. The minimum Gasteiger partial charge on any atom is -0.438 e. The molecule has 35 heavy (non-hydrogen) atoms. The van der Waals surface area contributed by atoms with Gasteiger partial charge in [-0.05, 0) is 26.1 Å². The monoisotopic (exact) mass is 504 g/mol. The zero-order valence-corrected chi connectivity index (χ0v) is 18.4. The summed E-state index contributed by atoms with van der Waals surface area (Å²) in [5.74, 6) is -3.10. The molecule has 0 unspecified atom stereocenters. The molecule has 0 aliphatic carbocycles. The first-order valence-electron chi connectivity index (χ1n) is 10.2. The van der Waals surface area contributed by atoms with Crippen LogP contribution < -0.4 is 16.8 Å². The van der Waals surface area contributed by atoms with Crippen molar-refractivity contribution < 1.29 is 35.6 Å². The summed E-state index contributed by atoms with van der Waals surface area (Å²) in [4.78, 5) is 21.7. The van der Waals surface area contributed by atoms with E-state index in [9.17, 15) is 31.1 Å². The second-order valence-corrected chi connectivity index (χ2v) is 7.90. The molecule has 0 aromatic carbocycles. The lowest BCUT2D eigenvalue weighted by atomic mass is 9.93. The number of aromatic nitrogens is 1. The first-order chi connectivity index (χ1) is 16.3. The van der Waals surface area contributed by atoms with Gasteiger partial charge in [-0.25, -0.2) is 0 Å². The van der Waals surface area contributed by atoms with Crippen molar-refractivity contribution in [3.63, 3.8) is 0 Å². The number of halogens is 6. The van der Waals surface area contributed by atoms with Crippen LogP contribution in [0.2, 0.25) is 0 Å². The predicted octanol–water partition coefficient (Wildman–Crippen LogP) is 3.82. The van der Waals surface area contributed by atoms with Gasteiger partial charge < -0.3 is 26.1 Å². The third-order valence-electron chi connectivity index (χ3n) is 5.41. The van der Waals surface area contributed by atoms with Gasteiger partial charge in [-0.3, -0.25) is 14.8 Å². The lowest BCUT2D eigenvalue weighted by Crippen LogP contribution is -2.51. The standard InChI is InChI=1S/C21H22F6N6O2/c1-3-14(33-8-11(21(25,26)27)4-12(28)9-33)13(7-30-2)32-19(34)16-17-15(35-18(16)29)5-10(6-31-17)20(22,23)24/h3,5-7,11-12H,2,4,8-9,28-29H2,1H3,(H,32,34)/b13-7+,14-3+/t11-,12+/m1/s1. The van der Waals surface area contributed by atoms with Crippen LogP contribution in [0.3, 0.4) is 0 Å². The van der Waals surface area contributed by atoms with Gasteiger partial charge in [-0.2, -0.15) is 26.3 Å². The van der Waals surface area contributed by atoms with Crippen LogP contribution in [0.1, 0.15) is 29.3 Å². The van der Waals surface area contributed by atoms with Crippen molar-refractivity contribution in [1.29, 1.82) is 0 Å². The Balaban J connectivity index is 1.92. The maximum Gasteiger partial charge on any atom is 0.418 e. The second kappa shape index (κ2) is 9.60. The number of carbonyl (C=O) groups is 1. The first-order valence-corrected chi connectivity index (χ1v) is 10.2. The predicted molar refractivity (Wildman–Crippen MR) is 116 cm³/mol. The number of aliphatic imine (C=N–C) groups is 1. The average molecular weight is 504 g/mol. The Morgan fingerprint density at radius 2 is 2.00 bits per heavy atom. The number of fused-ring (bicyclic) bond motifs is 1. The van der Waals surface area contributed by atoms with Crippen molar-refractivity contribution in [1.82, 2.24) is 15.2 Å². The summed E-state index contributed by atoms with van der Waals surface area (Å²) in [7, 11) is 0. The van der Waals surface area contributed by atoms with Gasteiger partial charge >= 0.3 is 12.4 Å². The molecule has 1 saturated heterocycles. The minimum atomic E-state index is -4.69. The van der Waals surface area contributed by atoms with Crippen molar-refractivity contribution in [3.8, 4) is 0 Å². The van der Waals surface area contributed by atoms with Crippen molar-refractivity contribution in [2.24, 2.45) is 16.6 Å². The molecule has 2 aromatic heterocycles. The van der Waals surface area contributed by atoms with Crippen LogP contribution in [0.5, 0.6) is 0 Å². The van der Waals surface area contributed by atoms with E-state index in [-0.39, 0.29) is 41.0 Å². The number of carbonyl (C=O) groups excluding carboxylic acids is 1. The van der Waals surface area contributed by atoms with Gasteiger partial charge in [-0.1, -0.05) is 6.08 Å². The van der Waals surface area contributed by atoms with E-state index in [2.05, 4.69) is 22.0 Å². The SMILES string of the molecule is C=N/C=C(NC(=O)c1c(N)oc2cc(C(F)(F)F)cnc12)\C(=C/C)N1C[C@@H](N)C[C@@H](C(F)(F)F)C1. The van der Waals surface area contributed by atoms with Gasteiger partial charge in [0.1, 0.15) is 11.1 Å². The first kappa shape index (κ1) is 26.1. The summed E-state index contributed by atoms with van der Waals surface area (Å²) in [6.07, 6.45) is -6.30. The number of anilines is 1. The molecule has 3 heterocycles. The molecule has 0 saturated carbocycles. The number of pyridine rings is 1. The molecule has 5 N–H and O–H groups in total. The number of piperidine rings is 1. The molecule has 14 heteroatoms. The number of amides is 1. The Labute approximate surface area is 195 Å². The number of likely N-dealkylation sites (tertiary alicyclic amines) is 1. The van der Waals surface area contributed by atoms with E-state index in [4.69, 9.17) is 15.9 Å². The lowest BCUT2D eigenvalue weighted by molar-refractivity contribution is -0.186. The number of nitrogens with zero attached hydrogens (tertiary/aromatic N) is 3. The fourth-order valence-electron chi connectivity index (χ4n) is 3.89. The van der Waals surface area contributed by atoms with E-state index in [1.165, 1.54) is 11.0 Å². The zero-order valence-electron chi connectivity index (χ0n) is 18.4. The second-order valence-electron chi connectivity index (χ2n) is 7.90. The zero-order chi connectivity index (χ0) is 26.1. The van der Waals surface area contributed by atoms with Crippen LogP contribution >= 0.6 is 0 Å². The molecule has 1 amide bonds. The molecule has 190 valence electrons. The Hall–Kier alpha value is -3.55. The summed E-state index contributed by atoms with van der Waals surface area (Å²) in [5, 5.41) is 2.47. The Bertz CT molecular complexity index is 1180. The quantitative estimate of drug-likeness (QED) is 0.323. The van der Waals surface area contributed by atoms with Crippen molar-refractivity contribution in [2.45, 2.75) is 31.7 Å². The topological polar surface area (TPSA) is 123 Å². The summed E-state index contributed by atoms with van der Waals surface area (Å²) in [5.41, 5.74) is 9.71. The molecule has 0 spiro atoms. The van der Waals surface area contributed by atoms with Crippen LogP contribution in [-0.4, -0.2) is 47.8 Å². The van der Waals surface area contributed by atoms with Crippen LogP contribution in [0.15, 0.2) is 45.3 Å². The van der Waals surface area contributed by atoms with Crippen molar-refractivity contribution >= 4 is 29.6 Å².